The zero-order valence-electron chi connectivity index (χ0n) is 17.7. The lowest BCUT2D eigenvalue weighted by Gasteiger charge is -2.31. The Bertz CT molecular complexity index is 1050. The Balaban J connectivity index is 1.40. The van der Waals surface area contributed by atoms with Gasteiger partial charge in [-0.05, 0) is 43.2 Å². The SMILES string of the molecule is O=C(NC[C@H](NC1CCC1)C(=O)Nc1ccc(N2CCOCC2=O)c(F)c1)c1ccc(Cl)s1. The van der Waals surface area contributed by atoms with Crippen LogP contribution in [0.5, 0.6) is 0 Å². The van der Waals surface area contributed by atoms with Gasteiger partial charge in [0.2, 0.25) is 5.91 Å². The molecule has 0 radical (unpaired) electrons. The fraction of sp³-hybridized carbons (Fsp3) is 0.409. The van der Waals surface area contributed by atoms with Gasteiger partial charge in [0.05, 0.1) is 21.5 Å². The molecule has 0 spiro atoms. The van der Waals surface area contributed by atoms with E-state index in [9.17, 15) is 18.8 Å². The molecule has 11 heteroatoms. The Morgan fingerprint density at radius 3 is 2.73 bits per heavy atom. The van der Waals surface area contributed by atoms with Gasteiger partial charge < -0.3 is 25.6 Å². The first kappa shape index (κ1) is 23.6. The van der Waals surface area contributed by atoms with Crippen molar-refractivity contribution < 1.29 is 23.5 Å². The third-order valence-corrected chi connectivity index (χ3v) is 6.84. The van der Waals surface area contributed by atoms with Crippen molar-refractivity contribution in [1.82, 2.24) is 10.6 Å². The van der Waals surface area contributed by atoms with Crippen LogP contribution >= 0.6 is 22.9 Å². The number of amides is 3. The van der Waals surface area contributed by atoms with E-state index in [-0.39, 0.29) is 54.8 Å². The fourth-order valence-electron chi connectivity index (χ4n) is 3.61. The van der Waals surface area contributed by atoms with Gasteiger partial charge in [0.25, 0.3) is 11.8 Å². The van der Waals surface area contributed by atoms with E-state index in [1.165, 1.54) is 17.0 Å². The van der Waals surface area contributed by atoms with Crippen molar-refractivity contribution in [3.05, 3.63) is 45.4 Å². The maximum atomic E-state index is 14.7. The molecule has 1 aromatic carbocycles. The van der Waals surface area contributed by atoms with Crippen LogP contribution in [0.25, 0.3) is 0 Å². The van der Waals surface area contributed by atoms with Gasteiger partial charge in [-0.25, -0.2) is 4.39 Å². The van der Waals surface area contributed by atoms with Crippen LogP contribution in [0.3, 0.4) is 0 Å². The van der Waals surface area contributed by atoms with E-state index in [2.05, 4.69) is 16.0 Å². The van der Waals surface area contributed by atoms with Gasteiger partial charge in [-0.3, -0.25) is 14.4 Å². The van der Waals surface area contributed by atoms with Crippen LogP contribution in [0.4, 0.5) is 15.8 Å². The molecule has 1 atom stereocenters. The summed E-state index contributed by atoms with van der Waals surface area (Å²) in [5, 5.41) is 8.73. The van der Waals surface area contributed by atoms with Gasteiger partial charge in [0.15, 0.2) is 0 Å². The van der Waals surface area contributed by atoms with E-state index in [0.717, 1.165) is 30.6 Å². The molecule has 0 bridgehead atoms. The number of nitrogens with one attached hydrogen (secondary N) is 3. The molecule has 1 saturated heterocycles. The number of benzene rings is 1. The predicted octanol–water partition coefficient (Wildman–Crippen LogP) is 2.78. The zero-order chi connectivity index (χ0) is 23.4. The molecule has 2 aromatic rings. The van der Waals surface area contributed by atoms with Crippen LogP contribution in [-0.2, 0) is 14.3 Å². The summed E-state index contributed by atoms with van der Waals surface area (Å²) in [7, 11) is 0. The Morgan fingerprint density at radius 2 is 2.09 bits per heavy atom. The minimum absolute atomic E-state index is 0.0690. The lowest BCUT2D eigenvalue weighted by molar-refractivity contribution is -0.125. The van der Waals surface area contributed by atoms with Gasteiger partial charge in [0, 0.05) is 24.8 Å². The Kier molecular flexibility index (Phi) is 7.59. The molecule has 176 valence electrons. The summed E-state index contributed by atoms with van der Waals surface area (Å²) in [6.07, 6.45) is 2.99. The van der Waals surface area contributed by atoms with Gasteiger partial charge in [-0.2, -0.15) is 0 Å². The van der Waals surface area contributed by atoms with Crippen molar-refractivity contribution in [2.24, 2.45) is 0 Å². The third-order valence-electron chi connectivity index (χ3n) is 5.61. The van der Waals surface area contributed by atoms with Crippen LogP contribution in [0.1, 0.15) is 28.9 Å². The number of nitrogens with zero attached hydrogens (tertiary/aromatic N) is 1. The number of morpholine rings is 1. The molecular weight excluding hydrogens is 471 g/mol. The van der Waals surface area contributed by atoms with Gasteiger partial charge in [0.1, 0.15) is 18.5 Å². The topological polar surface area (TPSA) is 99.8 Å². The summed E-state index contributed by atoms with van der Waals surface area (Å²) in [6.45, 7) is 0.584. The summed E-state index contributed by atoms with van der Waals surface area (Å²) < 4.78 is 20.3. The first-order valence-electron chi connectivity index (χ1n) is 10.7. The molecule has 4 rings (SSSR count). The Morgan fingerprint density at radius 1 is 1.27 bits per heavy atom. The molecule has 1 saturated carbocycles. The smallest absolute Gasteiger partial charge is 0.261 e. The maximum absolute atomic E-state index is 14.7. The first-order chi connectivity index (χ1) is 15.9. The third kappa shape index (κ3) is 5.89. The van der Waals surface area contributed by atoms with E-state index >= 15 is 0 Å². The number of carbonyl (C=O) groups is 3. The molecule has 0 unspecified atom stereocenters. The molecule has 2 heterocycles. The number of thiophene rings is 1. The van der Waals surface area contributed by atoms with Crippen molar-refractivity contribution in [3.63, 3.8) is 0 Å². The normalized spacial score (nSPS) is 17.4. The van der Waals surface area contributed by atoms with Crippen LogP contribution in [0.2, 0.25) is 4.34 Å². The molecule has 1 aliphatic carbocycles. The number of carbonyl (C=O) groups excluding carboxylic acids is 3. The monoisotopic (exact) mass is 494 g/mol. The van der Waals surface area contributed by atoms with E-state index in [1.54, 1.807) is 18.2 Å². The quantitative estimate of drug-likeness (QED) is 0.524. The minimum atomic E-state index is -0.696. The average Bonchev–Trinajstić information content (AvgIpc) is 3.19. The summed E-state index contributed by atoms with van der Waals surface area (Å²) >= 11 is 7.05. The Hall–Kier alpha value is -2.53. The fourth-order valence-corrected chi connectivity index (χ4v) is 4.57. The molecule has 33 heavy (non-hydrogen) atoms. The molecule has 3 N–H and O–H groups in total. The number of hydrogen-bond donors (Lipinski definition) is 3. The highest BCUT2D eigenvalue weighted by molar-refractivity contribution is 7.18. The average molecular weight is 495 g/mol. The molecule has 1 aliphatic heterocycles. The zero-order valence-corrected chi connectivity index (χ0v) is 19.3. The largest absolute Gasteiger partial charge is 0.370 e. The molecule has 3 amide bonds. The second kappa shape index (κ2) is 10.6. The summed E-state index contributed by atoms with van der Waals surface area (Å²) in [5.74, 6) is -1.63. The van der Waals surface area contributed by atoms with Crippen molar-refractivity contribution in [3.8, 4) is 0 Å². The van der Waals surface area contributed by atoms with E-state index in [0.29, 0.717) is 15.8 Å². The van der Waals surface area contributed by atoms with Crippen LogP contribution in [0, 0.1) is 5.82 Å². The number of rotatable bonds is 8. The number of hydrogen-bond acceptors (Lipinski definition) is 6. The van der Waals surface area contributed by atoms with Crippen molar-refractivity contribution in [2.45, 2.75) is 31.3 Å². The first-order valence-corrected chi connectivity index (χ1v) is 11.9. The van der Waals surface area contributed by atoms with Gasteiger partial charge in [-0.1, -0.05) is 18.0 Å². The van der Waals surface area contributed by atoms with Crippen LogP contribution in [-0.4, -0.2) is 56.1 Å². The Labute approximate surface area is 199 Å². The van der Waals surface area contributed by atoms with Crippen molar-refractivity contribution in [2.75, 3.05) is 36.5 Å². The highest BCUT2D eigenvalue weighted by Crippen LogP contribution is 2.25. The second-order valence-corrected chi connectivity index (χ2v) is 9.63. The molecular formula is C22H24ClFN4O4S. The lowest BCUT2D eigenvalue weighted by atomic mass is 9.92. The van der Waals surface area contributed by atoms with E-state index in [4.69, 9.17) is 16.3 Å². The summed E-state index contributed by atoms with van der Waals surface area (Å²) in [6, 6.07) is 6.96. The highest BCUT2D eigenvalue weighted by Gasteiger charge is 2.27. The number of anilines is 2. The standard InChI is InChI=1S/C22H24ClFN4O4S/c23-19-7-6-18(33-19)22(31)25-11-16(26-13-2-1-3-13)21(30)27-14-4-5-17(15(24)10-14)28-8-9-32-12-20(28)29/h4-7,10,13,16,26H,1-3,8-9,11-12H2,(H,25,31)(H,27,30)/t16-/m0/s1. The van der Waals surface area contributed by atoms with Crippen molar-refractivity contribution >= 4 is 52.0 Å². The predicted molar refractivity (Wildman–Crippen MR) is 124 cm³/mol. The number of halogens is 2. The summed E-state index contributed by atoms with van der Waals surface area (Å²) in [4.78, 5) is 39.1. The maximum Gasteiger partial charge on any atom is 0.261 e. The van der Waals surface area contributed by atoms with Gasteiger partial charge >= 0.3 is 0 Å². The number of ether oxygens (including phenoxy) is 1. The second-order valence-electron chi connectivity index (χ2n) is 7.91. The molecule has 1 aromatic heterocycles. The highest BCUT2D eigenvalue weighted by atomic mass is 35.5. The van der Waals surface area contributed by atoms with Crippen LogP contribution < -0.4 is 20.9 Å². The van der Waals surface area contributed by atoms with Crippen LogP contribution in [0.15, 0.2) is 30.3 Å². The molecule has 2 fully saturated rings. The lowest BCUT2D eigenvalue weighted by Crippen LogP contribution is -2.53. The molecule has 8 nitrogen and oxygen atoms in total. The minimum Gasteiger partial charge on any atom is -0.370 e. The molecule has 2 aliphatic rings. The van der Waals surface area contributed by atoms with Gasteiger partial charge in [-0.15, -0.1) is 11.3 Å². The summed E-state index contributed by atoms with van der Waals surface area (Å²) in [5.41, 5.74) is 0.408. The van der Waals surface area contributed by atoms with E-state index < -0.39 is 11.9 Å². The van der Waals surface area contributed by atoms with Crippen molar-refractivity contribution in [1.29, 1.82) is 0 Å². The van der Waals surface area contributed by atoms with E-state index in [1.807, 2.05) is 0 Å².